The summed E-state index contributed by atoms with van der Waals surface area (Å²) in [4.78, 5) is 7.05. The first kappa shape index (κ1) is 17.5. The fraction of sp³-hybridized carbons (Fsp3) is 0.381. The van der Waals surface area contributed by atoms with Crippen molar-refractivity contribution >= 4 is 21.6 Å². The van der Waals surface area contributed by atoms with Crippen LogP contribution in [0.5, 0.6) is 10.9 Å². The Labute approximate surface area is 158 Å². The van der Waals surface area contributed by atoms with Crippen molar-refractivity contribution in [1.29, 1.82) is 0 Å². The van der Waals surface area contributed by atoms with Gasteiger partial charge in [0.05, 0.1) is 16.8 Å². The molecular formula is C21H24N2O2S. The lowest BCUT2D eigenvalue weighted by molar-refractivity contribution is 0.0874. The van der Waals surface area contributed by atoms with Crippen molar-refractivity contribution in [2.45, 2.75) is 19.4 Å². The molecule has 1 aromatic heterocycles. The number of fused-ring (bicyclic) bond motifs is 1. The largest absolute Gasteiger partial charge is 0.431 e. The van der Waals surface area contributed by atoms with E-state index in [1.807, 2.05) is 30.3 Å². The summed E-state index contributed by atoms with van der Waals surface area (Å²) >= 11 is 1.58. The van der Waals surface area contributed by atoms with E-state index in [0.717, 1.165) is 35.7 Å². The molecule has 136 valence electrons. The molecule has 4 nitrogen and oxygen atoms in total. The van der Waals surface area contributed by atoms with Crippen LogP contribution in [0, 0.1) is 5.92 Å². The van der Waals surface area contributed by atoms with E-state index < -0.39 is 0 Å². The average molecular weight is 369 g/mol. The number of hydrogen-bond acceptors (Lipinski definition) is 5. The van der Waals surface area contributed by atoms with Gasteiger partial charge in [0.15, 0.2) is 0 Å². The normalized spacial score (nSPS) is 18.3. The summed E-state index contributed by atoms with van der Waals surface area (Å²) in [5.41, 5.74) is 2.31. The van der Waals surface area contributed by atoms with E-state index in [0.29, 0.717) is 11.1 Å². The molecule has 0 aliphatic carbocycles. The lowest BCUT2D eigenvalue weighted by Gasteiger charge is -2.32. The van der Waals surface area contributed by atoms with Gasteiger partial charge in [0.25, 0.3) is 5.19 Å². The minimum atomic E-state index is 0.662. The number of hydrogen-bond donors (Lipinski definition) is 0. The standard InChI is InChI=1S/C21H24N2O2S/c1-24-15-17-5-4-12-23(14-17)13-16-8-10-18(11-9-16)25-21-22-19-6-2-3-7-20(19)26-21/h2-3,6-11,17H,4-5,12-15H2,1H3. The van der Waals surface area contributed by atoms with Crippen molar-refractivity contribution in [1.82, 2.24) is 9.88 Å². The maximum atomic E-state index is 5.93. The molecule has 2 aromatic carbocycles. The van der Waals surface area contributed by atoms with Gasteiger partial charge in [0.1, 0.15) is 5.75 Å². The van der Waals surface area contributed by atoms with Crippen molar-refractivity contribution in [2.24, 2.45) is 5.92 Å². The number of rotatable bonds is 6. The van der Waals surface area contributed by atoms with Crippen molar-refractivity contribution < 1.29 is 9.47 Å². The van der Waals surface area contributed by atoms with Gasteiger partial charge in [-0.05, 0) is 55.1 Å². The van der Waals surface area contributed by atoms with Crippen molar-refractivity contribution in [3.8, 4) is 10.9 Å². The lowest BCUT2D eigenvalue weighted by Crippen LogP contribution is -2.36. The topological polar surface area (TPSA) is 34.6 Å². The highest BCUT2D eigenvalue weighted by atomic mass is 32.1. The van der Waals surface area contributed by atoms with Crippen molar-refractivity contribution in [3.63, 3.8) is 0 Å². The first-order valence-corrected chi connectivity index (χ1v) is 9.95. The predicted octanol–water partition coefficient (Wildman–Crippen LogP) is 4.95. The summed E-state index contributed by atoms with van der Waals surface area (Å²) in [5, 5.41) is 0.692. The van der Waals surface area contributed by atoms with Gasteiger partial charge >= 0.3 is 0 Å². The fourth-order valence-corrected chi connectivity index (χ4v) is 4.42. The van der Waals surface area contributed by atoms with Gasteiger partial charge in [-0.25, -0.2) is 4.98 Å². The Bertz CT molecular complexity index is 812. The second-order valence-corrected chi connectivity index (χ2v) is 7.89. The van der Waals surface area contributed by atoms with E-state index in [1.54, 1.807) is 18.4 Å². The third-order valence-electron chi connectivity index (χ3n) is 4.81. The van der Waals surface area contributed by atoms with Gasteiger partial charge in [-0.15, -0.1) is 0 Å². The summed E-state index contributed by atoms with van der Waals surface area (Å²) < 4.78 is 12.4. The van der Waals surface area contributed by atoms with Gasteiger partial charge in [-0.1, -0.05) is 35.6 Å². The Morgan fingerprint density at radius 2 is 2.00 bits per heavy atom. The fourth-order valence-electron chi connectivity index (χ4n) is 3.58. The van der Waals surface area contributed by atoms with E-state index in [4.69, 9.17) is 9.47 Å². The molecule has 0 bridgehead atoms. The first-order chi connectivity index (χ1) is 12.8. The number of benzene rings is 2. The number of nitrogens with zero attached hydrogens (tertiary/aromatic N) is 2. The molecule has 0 spiro atoms. The van der Waals surface area contributed by atoms with Gasteiger partial charge in [-0.3, -0.25) is 4.90 Å². The summed E-state index contributed by atoms with van der Waals surface area (Å²) in [5.74, 6) is 1.50. The Hall–Kier alpha value is -1.95. The number of para-hydroxylation sites is 1. The Morgan fingerprint density at radius 1 is 1.15 bits per heavy atom. The van der Waals surface area contributed by atoms with Crippen LogP contribution in [0.15, 0.2) is 48.5 Å². The molecule has 1 aliphatic heterocycles. The van der Waals surface area contributed by atoms with Crippen LogP contribution in [-0.4, -0.2) is 36.7 Å². The van der Waals surface area contributed by atoms with Crippen LogP contribution in [0.2, 0.25) is 0 Å². The molecular weight excluding hydrogens is 344 g/mol. The second-order valence-electron chi connectivity index (χ2n) is 6.89. The summed E-state index contributed by atoms with van der Waals surface area (Å²) in [7, 11) is 1.79. The molecule has 3 aromatic rings. The first-order valence-electron chi connectivity index (χ1n) is 9.14. The van der Waals surface area contributed by atoms with E-state index in [1.165, 1.54) is 24.9 Å². The van der Waals surface area contributed by atoms with E-state index in [2.05, 4.69) is 28.1 Å². The molecule has 26 heavy (non-hydrogen) atoms. The molecule has 0 saturated carbocycles. The predicted molar refractivity (Wildman–Crippen MR) is 106 cm³/mol. The molecule has 0 radical (unpaired) electrons. The van der Waals surface area contributed by atoms with Gasteiger partial charge in [0.2, 0.25) is 0 Å². The molecule has 4 rings (SSSR count). The SMILES string of the molecule is COCC1CCCN(Cc2ccc(Oc3nc4ccccc4s3)cc2)C1. The third-order valence-corrected chi connectivity index (χ3v) is 5.73. The molecule has 2 heterocycles. The molecule has 0 N–H and O–H groups in total. The van der Waals surface area contributed by atoms with Gasteiger partial charge in [0, 0.05) is 20.2 Å². The number of ether oxygens (including phenoxy) is 2. The number of methoxy groups -OCH3 is 1. The Morgan fingerprint density at radius 3 is 2.81 bits per heavy atom. The summed E-state index contributed by atoms with van der Waals surface area (Å²) in [6.07, 6.45) is 2.53. The highest BCUT2D eigenvalue weighted by Gasteiger charge is 2.19. The van der Waals surface area contributed by atoms with E-state index >= 15 is 0 Å². The maximum Gasteiger partial charge on any atom is 0.279 e. The zero-order valence-electron chi connectivity index (χ0n) is 15.1. The minimum Gasteiger partial charge on any atom is -0.431 e. The lowest BCUT2D eigenvalue weighted by atomic mass is 9.98. The van der Waals surface area contributed by atoms with Crippen LogP contribution in [0.3, 0.4) is 0 Å². The van der Waals surface area contributed by atoms with Crippen molar-refractivity contribution in [2.75, 3.05) is 26.8 Å². The van der Waals surface area contributed by atoms with Gasteiger partial charge < -0.3 is 9.47 Å². The average Bonchev–Trinajstić information content (AvgIpc) is 3.06. The molecule has 1 atom stereocenters. The number of likely N-dealkylation sites (tertiary alicyclic amines) is 1. The number of aromatic nitrogens is 1. The van der Waals surface area contributed by atoms with Crippen LogP contribution in [0.4, 0.5) is 0 Å². The zero-order chi connectivity index (χ0) is 17.8. The number of thiazole rings is 1. The van der Waals surface area contributed by atoms with Crippen molar-refractivity contribution in [3.05, 3.63) is 54.1 Å². The van der Waals surface area contributed by atoms with Crippen LogP contribution < -0.4 is 4.74 Å². The molecule has 1 fully saturated rings. The van der Waals surface area contributed by atoms with Gasteiger partial charge in [-0.2, -0.15) is 0 Å². The molecule has 1 saturated heterocycles. The smallest absolute Gasteiger partial charge is 0.279 e. The molecule has 5 heteroatoms. The second kappa shape index (κ2) is 8.16. The maximum absolute atomic E-state index is 5.93. The summed E-state index contributed by atoms with van der Waals surface area (Å²) in [6, 6.07) is 16.5. The number of piperidine rings is 1. The summed E-state index contributed by atoms with van der Waals surface area (Å²) in [6.45, 7) is 4.15. The highest BCUT2D eigenvalue weighted by Crippen LogP contribution is 2.31. The van der Waals surface area contributed by atoms with Crippen LogP contribution in [0.1, 0.15) is 18.4 Å². The van der Waals surface area contributed by atoms with Crippen LogP contribution in [0.25, 0.3) is 10.2 Å². The van der Waals surface area contributed by atoms with E-state index in [9.17, 15) is 0 Å². The van der Waals surface area contributed by atoms with Crippen LogP contribution in [-0.2, 0) is 11.3 Å². The zero-order valence-corrected chi connectivity index (χ0v) is 15.9. The monoisotopic (exact) mass is 368 g/mol. The quantitative estimate of drug-likeness (QED) is 0.617. The molecule has 1 unspecified atom stereocenters. The third kappa shape index (κ3) is 4.23. The van der Waals surface area contributed by atoms with Crippen LogP contribution >= 0.6 is 11.3 Å². The minimum absolute atomic E-state index is 0.662. The van der Waals surface area contributed by atoms with E-state index in [-0.39, 0.29) is 0 Å². The molecule has 0 amide bonds. The molecule has 1 aliphatic rings. The Balaban J connectivity index is 1.37. The Kier molecular flexibility index (Phi) is 5.48. The highest BCUT2D eigenvalue weighted by molar-refractivity contribution is 7.20.